The van der Waals surface area contributed by atoms with E-state index in [0.717, 1.165) is 17.9 Å². The minimum atomic E-state index is -0.256. The van der Waals surface area contributed by atoms with Crippen molar-refractivity contribution < 1.29 is 14.3 Å². The first kappa shape index (κ1) is 25.0. The summed E-state index contributed by atoms with van der Waals surface area (Å²) in [6.45, 7) is 13.3. The van der Waals surface area contributed by atoms with E-state index >= 15 is 0 Å². The summed E-state index contributed by atoms with van der Waals surface area (Å²) in [5.74, 6) is 3.22. The van der Waals surface area contributed by atoms with Crippen LogP contribution in [0.4, 0.5) is 0 Å². The van der Waals surface area contributed by atoms with Crippen molar-refractivity contribution >= 4 is 11.8 Å². The van der Waals surface area contributed by atoms with Crippen LogP contribution >= 0.6 is 0 Å². The van der Waals surface area contributed by atoms with E-state index in [1.54, 1.807) is 0 Å². The second kappa shape index (κ2) is 10.5. The van der Waals surface area contributed by atoms with Gasteiger partial charge in [-0.15, -0.1) is 0 Å². The van der Waals surface area contributed by atoms with Crippen LogP contribution in [-0.2, 0) is 14.3 Å². The zero-order chi connectivity index (χ0) is 23.5. The molecule has 0 aliphatic heterocycles. The lowest BCUT2D eigenvalue weighted by Crippen LogP contribution is -2.35. The van der Waals surface area contributed by atoms with Crippen LogP contribution in [0.1, 0.15) is 92.9 Å². The molecule has 3 aliphatic rings. The second-order valence-corrected chi connectivity index (χ2v) is 11.3. The first-order chi connectivity index (χ1) is 15.1. The normalized spacial score (nSPS) is 35.5. The van der Waals surface area contributed by atoms with E-state index in [4.69, 9.17) is 4.74 Å². The van der Waals surface area contributed by atoms with Gasteiger partial charge in [-0.05, 0) is 79.1 Å². The zero-order valence-electron chi connectivity index (χ0n) is 21.2. The Bertz CT molecular complexity index is 786. The minimum absolute atomic E-state index is 0.150. The van der Waals surface area contributed by atoms with Crippen molar-refractivity contribution in [2.45, 2.75) is 99.0 Å². The molecule has 0 saturated heterocycles. The summed E-state index contributed by atoms with van der Waals surface area (Å²) in [4.78, 5) is 23.8. The molecule has 32 heavy (non-hydrogen) atoms. The summed E-state index contributed by atoms with van der Waals surface area (Å²) in [5, 5.41) is 0. The fourth-order valence-electron chi connectivity index (χ4n) is 6.47. The minimum Gasteiger partial charge on any atom is -0.462 e. The number of esters is 1. The average Bonchev–Trinajstić information content (AvgIpc) is 3.09. The third kappa shape index (κ3) is 5.64. The van der Waals surface area contributed by atoms with Gasteiger partial charge in [-0.25, -0.2) is 0 Å². The number of ketones is 1. The topological polar surface area (TPSA) is 43.4 Å². The largest absolute Gasteiger partial charge is 0.462 e. The van der Waals surface area contributed by atoms with Gasteiger partial charge in [-0.3, -0.25) is 9.59 Å². The lowest BCUT2D eigenvalue weighted by molar-refractivity contribution is -0.148. The van der Waals surface area contributed by atoms with Crippen molar-refractivity contribution in [3.8, 4) is 0 Å². The monoisotopic (exact) mass is 440 g/mol. The van der Waals surface area contributed by atoms with E-state index in [0.29, 0.717) is 48.3 Å². The maximum absolute atomic E-state index is 12.5. The Balaban J connectivity index is 1.74. The van der Waals surface area contributed by atoms with E-state index < -0.39 is 0 Å². The second-order valence-electron chi connectivity index (χ2n) is 11.3. The van der Waals surface area contributed by atoms with E-state index in [-0.39, 0.29) is 17.9 Å². The maximum atomic E-state index is 12.5. The van der Waals surface area contributed by atoms with Gasteiger partial charge in [-0.1, -0.05) is 64.5 Å². The number of fused-ring (bicyclic) bond motifs is 1. The van der Waals surface area contributed by atoms with E-state index in [2.05, 4.69) is 58.9 Å². The van der Waals surface area contributed by atoms with Gasteiger partial charge in [-0.2, -0.15) is 0 Å². The Labute approximate surface area is 195 Å². The van der Waals surface area contributed by atoms with Crippen molar-refractivity contribution in [2.24, 2.45) is 35.0 Å². The van der Waals surface area contributed by atoms with Crippen molar-refractivity contribution in [1.82, 2.24) is 0 Å². The summed E-state index contributed by atoms with van der Waals surface area (Å²) in [6.07, 6.45) is 17.0. The van der Waals surface area contributed by atoms with Crippen LogP contribution in [0.2, 0.25) is 0 Å². The van der Waals surface area contributed by atoms with Gasteiger partial charge < -0.3 is 4.74 Å². The van der Waals surface area contributed by atoms with Crippen molar-refractivity contribution in [2.75, 3.05) is 0 Å². The fraction of sp³-hybridized carbons (Fsp3) is 0.724. The maximum Gasteiger partial charge on any atom is 0.302 e. The van der Waals surface area contributed by atoms with Crippen LogP contribution in [0.15, 0.2) is 35.5 Å². The number of ether oxygens (including phenoxy) is 1. The number of carbonyl (C=O) groups is 2. The van der Waals surface area contributed by atoms with E-state index in [1.165, 1.54) is 38.2 Å². The Morgan fingerprint density at radius 2 is 1.81 bits per heavy atom. The summed E-state index contributed by atoms with van der Waals surface area (Å²) in [6, 6.07) is 0. The summed E-state index contributed by atoms with van der Waals surface area (Å²) >= 11 is 0. The highest BCUT2D eigenvalue weighted by Crippen LogP contribution is 2.59. The predicted molar refractivity (Wildman–Crippen MR) is 131 cm³/mol. The third-order valence-corrected chi connectivity index (χ3v) is 8.77. The molecule has 3 fully saturated rings. The Hall–Kier alpha value is -1.64. The third-order valence-electron chi connectivity index (χ3n) is 8.77. The molecule has 0 radical (unpaired) electrons. The highest BCUT2D eigenvalue weighted by Gasteiger charge is 2.50. The van der Waals surface area contributed by atoms with Gasteiger partial charge in [0.05, 0.1) is 0 Å². The highest BCUT2D eigenvalue weighted by atomic mass is 16.5. The average molecular weight is 441 g/mol. The van der Waals surface area contributed by atoms with Crippen molar-refractivity contribution in [1.29, 1.82) is 0 Å². The quantitative estimate of drug-likeness (QED) is 0.249. The Kier molecular flexibility index (Phi) is 8.22. The van der Waals surface area contributed by atoms with Crippen molar-refractivity contribution in [3.05, 3.63) is 35.5 Å². The van der Waals surface area contributed by atoms with Gasteiger partial charge >= 0.3 is 5.97 Å². The van der Waals surface area contributed by atoms with E-state index in [9.17, 15) is 9.59 Å². The van der Waals surface area contributed by atoms with Crippen LogP contribution in [0.25, 0.3) is 0 Å². The van der Waals surface area contributed by atoms with Gasteiger partial charge in [0.15, 0.2) is 5.78 Å². The predicted octanol–water partition coefficient (Wildman–Crippen LogP) is 7.22. The van der Waals surface area contributed by atoms with Gasteiger partial charge in [0, 0.05) is 19.8 Å². The molecule has 0 bridgehead atoms. The Morgan fingerprint density at radius 1 is 1.06 bits per heavy atom. The summed E-state index contributed by atoms with van der Waals surface area (Å²) in [5.41, 5.74) is 2.71. The molecule has 0 aromatic carbocycles. The zero-order valence-corrected chi connectivity index (χ0v) is 21.2. The molecule has 6 atom stereocenters. The molecular weight excluding hydrogens is 396 g/mol. The molecule has 0 aromatic rings. The molecule has 3 heteroatoms. The van der Waals surface area contributed by atoms with Gasteiger partial charge in [0.2, 0.25) is 0 Å². The number of carbonyl (C=O) groups excluding carboxylic acids is 2. The fourth-order valence-corrected chi connectivity index (χ4v) is 6.47. The van der Waals surface area contributed by atoms with Crippen LogP contribution in [0, 0.1) is 35.0 Å². The van der Waals surface area contributed by atoms with E-state index in [1.807, 2.05) is 0 Å². The molecule has 3 rings (SSSR count). The molecule has 0 spiro atoms. The van der Waals surface area contributed by atoms with Crippen LogP contribution in [0.3, 0.4) is 0 Å². The molecule has 0 unspecified atom stereocenters. The lowest BCUT2D eigenvalue weighted by Gasteiger charge is -2.44. The molecular formula is C29H44O3. The summed E-state index contributed by atoms with van der Waals surface area (Å²) in [7, 11) is 0. The molecule has 0 aromatic heterocycles. The van der Waals surface area contributed by atoms with Gasteiger partial charge in [0.1, 0.15) is 6.10 Å². The molecule has 3 saturated carbocycles. The number of hydrogen-bond donors (Lipinski definition) is 0. The molecule has 0 heterocycles. The van der Waals surface area contributed by atoms with Crippen LogP contribution < -0.4 is 0 Å². The number of hydrogen-bond acceptors (Lipinski definition) is 3. The number of allylic oxidation sites excluding steroid dienone is 5. The molecule has 178 valence electrons. The first-order valence-corrected chi connectivity index (χ1v) is 12.9. The SMILES string of the molecule is CC(=O)O[C@H]1CCC(=O)/C(=C/C=C2\CCC[C@]3(C)[C@@H]([C@H](C)/C=C/[C@H](C)C(C)C)CC[C@@H]23)C1. The standard InChI is InChI=1S/C29H44O3/c1-19(2)20(3)9-10-21(4)26-14-15-27-23(8-7-17-29(26,27)6)11-12-24-18-25(32-22(5)30)13-16-28(24)31/h9-12,19-21,25-27H,7-8,13-18H2,1-6H3/b10-9+,23-11+,24-12+/t20-,21+,25-,26+,27-,29+/m0/s1. The molecule has 3 aliphatic carbocycles. The van der Waals surface area contributed by atoms with Crippen LogP contribution in [0.5, 0.6) is 0 Å². The lowest BCUT2D eigenvalue weighted by atomic mass is 9.61. The number of rotatable bonds is 6. The Morgan fingerprint density at radius 3 is 2.50 bits per heavy atom. The smallest absolute Gasteiger partial charge is 0.302 e. The molecule has 0 amide bonds. The molecule has 3 nitrogen and oxygen atoms in total. The van der Waals surface area contributed by atoms with Crippen molar-refractivity contribution in [3.63, 3.8) is 0 Å². The van der Waals surface area contributed by atoms with Crippen LogP contribution in [-0.4, -0.2) is 17.9 Å². The number of Topliss-reactive ketones (excluding diaryl/α,β-unsaturated/α-hetero) is 1. The van der Waals surface area contributed by atoms with Gasteiger partial charge in [0.25, 0.3) is 0 Å². The summed E-state index contributed by atoms with van der Waals surface area (Å²) < 4.78 is 5.38. The first-order valence-electron chi connectivity index (χ1n) is 12.9. The highest BCUT2D eigenvalue weighted by molar-refractivity contribution is 5.96. The molecule has 0 N–H and O–H groups in total.